The molecular weight excluding hydrogens is 312 g/mol. The molecular formula is C9H9BrN2O4S. The maximum absolute atomic E-state index is 11.7. The quantitative estimate of drug-likeness (QED) is 0.833. The van der Waals surface area contributed by atoms with Crippen LogP contribution in [-0.4, -0.2) is 32.1 Å². The van der Waals surface area contributed by atoms with Crippen LogP contribution in [0.4, 0.5) is 5.69 Å². The summed E-state index contributed by atoms with van der Waals surface area (Å²) in [7, 11) is -3.77. The molecule has 1 unspecified atom stereocenters. The molecule has 0 spiro atoms. The van der Waals surface area contributed by atoms with Crippen LogP contribution in [0.3, 0.4) is 0 Å². The number of hydrogen-bond acceptors (Lipinski definition) is 3. The van der Waals surface area contributed by atoms with Gasteiger partial charge in [0.2, 0.25) is 0 Å². The van der Waals surface area contributed by atoms with Crippen molar-refractivity contribution in [3.05, 3.63) is 28.7 Å². The Morgan fingerprint density at radius 3 is 2.82 bits per heavy atom. The fraction of sp³-hybridized carbons (Fsp3) is 0.222. The minimum atomic E-state index is -3.77. The van der Waals surface area contributed by atoms with Gasteiger partial charge in [-0.1, -0.05) is 22.0 Å². The van der Waals surface area contributed by atoms with Gasteiger partial charge in [0.1, 0.15) is 0 Å². The molecule has 92 valence electrons. The highest BCUT2D eigenvalue weighted by Gasteiger charge is 2.41. The van der Waals surface area contributed by atoms with Crippen LogP contribution in [0.5, 0.6) is 0 Å². The van der Waals surface area contributed by atoms with Crippen molar-refractivity contribution in [1.82, 2.24) is 4.72 Å². The molecule has 1 aliphatic rings. The molecule has 6 nitrogen and oxygen atoms in total. The van der Waals surface area contributed by atoms with Gasteiger partial charge in [0.25, 0.3) is 0 Å². The van der Waals surface area contributed by atoms with Gasteiger partial charge in [0.05, 0.1) is 5.69 Å². The molecule has 0 radical (unpaired) electrons. The Morgan fingerprint density at radius 2 is 2.24 bits per heavy atom. The van der Waals surface area contributed by atoms with Crippen molar-refractivity contribution < 1.29 is 18.3 Å². The standard InChI is InChI=1S/C9H9BrN2O4S/c10-6-2-1-3-7(4-6)12-8(9(13)14)5-11-17(12,15)16/h1-4,8,11H,5H2,(H,13,14). The molecule has 1 aromatic rings. The van der Waals surface area contributed by atoms with E-state index in [4.69, 9.17) is 5.11 Å². The first-order chi connectivity index (χ1) is 7.92. The smallest absolute Gasteiger partial charge is 0.328 e. The Morgan fingerprint density at radius 1 is 1.53 bits per heavy atom. The van der Waals surface area contributed by atoms with E-state index in [1.807, 2.05) is 0 Å². The first-order valence-electron chi connectivity index (χ1n) is 4.69. The zero-order chi connectivity index (χ0) is 12.6. The van der Waals surface area contributed by atoms with E-state index < -0.39 is 22.2 Å². The number of nitrogens with zero attached hydrogens (tertiary/aromatic N) is 1. The predicted molar refractivity (Wildman–Crippen MR) is 65.0 cm³/mol. The summed E-state index contributed by atoms with van der Waals surface area (Å²) in [4.78, 5) is 11.0. The SMILES string of the molecule is O=C(O)C1CNS(=O)(=O)N1c1cccc(Br)c1. The number of hydrogen-bond donors (Lipinski definition) is 2. The molecule has 1 atom stereocenters. The van der Waals surface area contributed by atoms with Gasteiger partial charge in [-0.3, -0.25) is 0 Å². The van der Waals surface area contributed by atoms with E-state index in [1.54, 1.807) is 24.3 Å². The van der Waals surface area contributed by atoms with Crippen LogP contribution < -0.4 is 9.03 Å². The highest BCUT2D eigenvalue weighted by molar-refractivity contribution is 9.10. The van der Waals surface area contributed by atoms with E-state index in [-0.39, 0.29) is 6.54 Å². The average Bonchev–Trinajstić information content (AvgIpc) is 2.54. The Bertz CT molecular complexity index is 560. The van der Waals surface area contributed by atoms with Crippen molar-refractivity contribution in [2.75, 3.05) is 10.8 Å². The summed E-state index contributed by atoms with van der Waals surface area (Å²) in [6.45, 7) is -0.135. The lowest BCUT2D eigenvalue weighted by molar-refractivity contribution is -0.137. The molecule has 8 heteroatoms. The maximum Gasteiger partial charge on any atom is 0.328 e. The van der Waals surface area contributed by atoms with Crippen LogP contribution in [0.2, 0.25) is 0 Å². The Balaban J connectivity index is 2.49. The molecule has 17 heavy (non-hydrogen) atoms. The number of nitrogens with one attached hydrogen (secondary N) is 1. The van der Waals surface area contributed by atoms with Crippen LogP contribution in [0.1, 0.15) is 0 Å². The fourth-order valence-corrected chi connectivity index (χ4v) is 3.41. The largest absolute Gasteiger partial charge is 0.480 e. The minimum absolute atomic E-state index is 0.135. The van der Waals surface area contributed by atoms with Crippen LogP contribution in [0.15, 0.2) is 28.7 Å². The van der Waals surface area contributed by atoms with E-state index >= 15 is 0 Å². The molecule has 0 amide bonds. The summed E-state index contributed by atoms with van der Waals surface area (Å²) >= 11 is 3.21. The molecule has 0 aromatic heterocycles. The van der Waals surface area contributed by atoms with Gasteiger partial charge in [0, 0.05) is 11.0 Å². The normalized spacial score (nSPS) is 22.6. The Hall–Kier alpha value is -1.12. The minimum Gasteiger partial charge on any atom is -0.480 e. The molecule has 0 aliphatic carbocycles. The van der Waals surface area contributed by atoms with E-state index in [0.717, 1.165) is 4.31 Å². The summed E-state index contributed by atoms with van der Waals surface area (Å²) in [5.74, 6) is -1.18. The maximum atomic E-state index is 11.7. The summed E-state index contributed by atoms with van der Waals surface area (Å²) in [6.07, 6.45) is 0. The molecule has 1 aliphatic heterocycles. The highest BCUT2D eigenvalue weighted by Crippen LogP contribution is 2.26. The number of rotatable bonds is 2. The van der Waals surface area contributed by atoms with E-state index in [1.165, 1.54) is 0 Å². The van der Waals surface area contributed by atoms with E-state index in [2.05, 4.69) is 20.7 Å². The monoisotopic (exact) mass is 320 g/mol. The van der Waals surface area contributed by atoms with Crippen LogP contribution >= 0.6 is 15.9 Å². The van der Waals surface area contributed by atoms with Gasteiger partial charge in [-0.25, -0.2) is 9.10 Å². The third-order valence-electron chi connectivity index (χ3n) is 2.35. The second-order valence-electron chi connectivity index (χ2n) is 3.48. The number of anilines is 1. The highest BCUT2D eigenvalue weighted by atomic mass is 79.9. The first kappa shape index (κ1) is 12.3. The van der Waals surface area contributed by atoms with Crippen LogP contribution in [0, 0.1) is 0 Å². The number of benzene rings is 1. The molecule has 0 bridgehead atoms. The zero-order valence-corrected chi connectivity index (χ0v) is 10.9. The third-order valence-corrected chi connectivity index (χ3v) is 4.36. The number of carboxylic acids is 1. The topological polar surface area (TPSA) is 86.7 Å². The summed E-state index contributed by atoms with van der Waals surface area (Å²) in [5, 5.41) is 8.99. The first-order valence-corrected chi connectivity index (χ1v) is 6.92. The fourth-order valence-electron chi connectivity index (χ4n) is 1.62. The number of carboxylic acid groups (broad SMARTS) is 1. The molecule has 1 aromatic carbocycles. The van der Waals surface area contributed by atoms with Crippen molar-refractivity contribution in [1.29, 1.82) is 0 Å². The summed E-state index contributed by atoms with van der Waals surface area (Å²) in [5.41, 5.74) is 0.316. The van der Waals surface area contributed by atoms with Gasteiger partial charge in [0.15, 0.2) is 6.04 Å². The molecule has 2 N–H and O–H groups in total. The number of aliphatic carboxylic acids is 1. The third kappa shape index (κ3) is 2.28. The van der Waals surface area contributed by atoms with E-state index in [0.29, 0.717) is 10.2 Å². The van der Waals surface area contributed by atoms with Gasteiger partial charge in [-0.15, -0.1) is 0 Å². The van der Waals surface area contributed by atoms with Gasteiger partial charge in [-0.05, 0) is 18.2 Å². The van der Waals surface area contributed by atoms with Crippen molar-refractivity contribution in [2.24, 2.45) is 0 Å². The summed E-state index contributed by atoms with van der Waals surface area (Å²) in [6, 6.07) is 5.36. The Kier molecular flexibility index (Phi) is 3.11. The van der Waals surface area contributed by atoms with Gasteiger partial charge >= 0.3 is 16.2 Å². The number of carbonyl (C=O) groups is 1. The van der Waals surface area contributed by atoms with Crippen molar-refractivity contribution in [3.63, 3.8) is 0 Å². The van der Waals surface area contributed by atoms with E-state index in [9.17, 15) is 13.2 Å². The van der Waals surface area contributed by atoms with Crippen LogP contribution in [0.25, 0.3) is 0 Å². The second kappa shape index (κ2) is 4.28. The van der Waals surface area contributed by atoms with Gasteiger partial charge in [-0.2, -0.15) is 13.1 Å². The second-order valence-corrected chi connectivity index (χ2v) is 6.03. The molecule has 1 fully saturated rings. The van der Waals surface area contributed by atoms with Crippen molar-refractivity contribution >= 4 is 37.8 Å². The molecule has 0 saturated carbocycles. The number of halogens is 1. The molecule has 2 rings (SSSR count). The predicted octanol–water partition coefficient (Wildman–Crippen LogP) is 0.557. The van der Waals surface area contributed by atoms with Gasteiger partial charge < -0.3 is 5.11 Å². The van der Waals surface area contributed by atoms with Crippen molar-refractivity contribution in [2.45, 2.75) is 6.04 Å². The lowest BCUT2D eigenvalue weighted by atomic mass is 10.2. The van der Waals surface area contributed by atoms with Crippen LogP contribution in [-0.2, 0) is 15.0 Å². The zero-order valence-electron chi connectivity index (χ0n) is 8.50. The average molecular weight is 321 g/mol. The Labute approximate surface area is 107 Å². The molecule has 1 heterocycles. The lowest BCUT2D eigenvalue weighted by Gasteiger charge is -2.20. The molecule has 1 saturated heterocycles. The lowest BCUT2D eigenvalue weighted by Crippen LogP contribution is -2.40. The summed E-state index contributed by atoms with van der Waals surface area (Å²) < 4.78 is 27.2. The van der Waals surface area contributed by atoms with Crippen molar-refractivity contribution in [3.8, 4) is 0 Å².